The minimum atomic E-state index is -0.809. The van der Waals surface area contributed by atoms with Crippen molar-refractivity contribution >= 4 is 11.9 Å². The molecule has 1 rings (SSSR count). The van der Waals surface area contributed by atoms with Gasteiger partial charge in [0.1, 0.15) is 0 Å². The molecule has 5 heteroatoms. The number of hydrogen-bond acceptors (Lipinski definition) is 3. The van der Waals surface area contributed by atoms with E-state index in [-0.39, 0.29) is 18.4 Å². The second-order valence-corrected chi connectivity index (χ2v) is 4.35. The maximum absolute atomic E-state index is 11.8. The lowest BCUT2D eigenvalue weighted by Gasteiger charge is -2.13. The van der Waals surface area contributed by atoms with E-state index >= 15 is 0 Å². The first kappa shape index (κ1) is 14.2. The molecule has 1 heterocycles. The van der Waals surface area contributed by atoms with Crippen molar-refractivity contribution in [3.63, 3.8) is 0 Å². The van der Waals surface area contributed by atoms with Crippen LogP contribution in [0, 0.1) is 6.92 Å². The van der Waals surface area contributed by atoms with Gasteiger partial charge in [0.2, 0.25) is 0 Å². The molecule has 0 radical (unpaired) electrons. The molecule has 0 bridgehead atoms. The third kappa shape index (κ3) is 4.95. The first-order valence-electron chi connectivity index (χ1n) is 5.94. The number of rotatable bonds is 6. The smallest absolute Gasteiger partial charge is 0.303 e. The topological polar surface area (TPSA) is 79.3 Å². The zero-order valence-electron chi connectivity index (χ0n) is 10.6. The van der Waals surface area contributed by atoms with E-state index in [0.717, 1.165) is 5.69 Å². The minimum absolute atomic E-state index is 0.0434. The Bertz CT molecular complexity index is 415. The number of aryl methyl sites for hydroxylation is 1. The molecule has 0 fully saturated rings. The van der Waals surface area contributed by atoms with Crippen LogP contribution in [0.3, 0.4) is 0 Å². The lowest BCUT2D eigenvalue weighted by Crippen LogP contribution is -2.32. The van der Waals surface area contributed by atoms with Crippen molar-refractivity contribution < 1.29 is 14.7 Å². The van der Waals surface area contributed by atoms with Crippen molar-refractivity contribution in [2.24, 2.45) is 0 Å². The normalized spacial score (nSPS) is 11.9. The van der Waals surface area contributed by atoms with Crippen LogP contribution in [-0.2, 0) is 4.79 Å². The lowest BCUT2D eigenvalue weighted by molar-refractivity contribution is -0.137. The number of aromatic nitrogens is 1. The number of carboxylic acids is 1. The zero-order chi connectivity index (χ0) is 13.5. The fourth-order valence-electron chi connectivity index (χ4n) is 1.54. The molecule has 1 aromatic heterocycles. The number of amides is 1. The summed E-state index contributed by atoms with van der Waals surface area (Å²) in [5.41, 5.74) is 1.38. The van der Waals surface area contributed by atoms with E-state index in [9.17, 15) is 9.59 Å². The van der Waals surface area contributed by atoms with Gasteiger partial charge < -0.3 is 10.4 Å². The van der Waals surface area contributed by atoms with E-state index in [0.29, 0.717) is 18.4 Å². The summed E-state index contributed by atoms with van der Waals surface area (Å²) in [5, 5.41) is 11.3. The van der Waals surface area contributed by atoms with Crippen LogP contribution in [0.25, 0.3) is 0 Å². The molecule has 98 valence electrons. The summed E-state index contributed by atoms with van der Waals surface area (Å²) in [6, 6.07) is 3.46. The second kappa shape index (κ2) is 6.74. The molecule has 0 spiro atoms. The molecule has 0 aliphatic carbocycles. The standard InChI is InChI=1S/C13H18N2O3/c1-9-6-7-11(8-14-9)13(18)15-10(2)4-3-5-12(16)17/h6-8,10H,3-5H2,1-2H3,(H,15,18)(H,16,17). The molecule has 0 aliphatic rings. The first-order chi connectivity index (χ1) is 8.49. The number of carbonyl (C=O) groups is 2. The highest BCUT2D eigenvalue weighted by atomic mass is 16.4. The van der Waals surface area contributed by atoms with Crippen LogP contribution in [0.1, 0.15) is 42.2 Å². The number of carboxylic acid groups (broad SMARTS) is 1. The van der Waals surface area contributed by atoms with Gasteiger partial charge in [0.25, 0.3) is 5.91 Å². The van der Waals surface area contributed by atoms with Gasteiger partial charge in [0.05, 0.1) is 5.56 Å². The van der Waals surface area contributed by atoms with Gasteiger partial charge in [-0.1, -0.05) is 0 Å². The van der Waals surface area contributed by atoms with E-state index < -0.39 is 5.97 Å². The first-order valence-corrected chi connectivity index (χ1v) is 5.94. The molecule has 0 saturated heterocycles. The predicted molar refractivity (Wildman–Crippen MR) is 67.4 cm³/mol. The van der Waals surface area contributed by atoms with E-state index in [2.05, 4.69) is 10.3 Å². The number of aliphatic carboxylic acids is 1. The van der Waals surface area contributed by atoms with Gasteiger partial charge in [0, 0.05) is 24.4 Å². The Labute approximate surface area is 106 Å². The van der Waals surface area contributed by atoms with Crippen molar-refractivity contribution in [2.75, 3.05) is 0 Å². The third-order valence-electron chi connectivity index (χ3n) is 2.58. The highest BCUT2D eigenvalue weighted by Crippen LogP contribution is 2.03. The van der Waals surface area contributed by atoms with Crippen LogP contribution < -0.4 is 5.32 Å². The Morgan fingerprint density at radius 3 is 2.72 bits per heavy atom. The van der Waals surface area contributed by atoms with Crippen LogP contribution in [0.5, 0.6) is 0 Å². The van der Waals surface area contributed by atoms with Crippen molar-refractivity contribution in [1.29, 1.82) is 0 Å². The van der Waals surface area contributed by atoms with Crippen LogP contribution in [0.4, 0.5) is 0 Å². The zero-order valence-corrected chi connectivity index (χ0v) is 10.6. The SMILES string of the molecule is Cc1ccc(C(=O)NC(C)CCCC(=O)O)cn1. The molecular formula is C13H18N2O3. The molecule has 1 amide bonds. The van der Waals surface area contributed by atoms with E-state index in [1.807, 2.05) is 13.8 Å². The Hall–Kier alpha value is -1.91. The van der Waals surface area contributed by atoms with Gasteiger partial charge in [-0.2, -0.15) is 0 Å². The fraction of sp³-hybridized carbons (Fsp3) is 0.462. The Balaban J connectivity index is 2.39. The molecule has 0 aliphatic heterocycles. The van der Waals surface area contributed by atoms with E-state index in [4.69, 9.17) is 5.11 Å². The van der Waals surface area contributed by atoms with Crippen LogP contribution in [0.15, 0.2) is 18.3 Å². The number of pyridine rings is 1. The average Bonchev–Trinajstić information content (AvgIpc) is 2.29. The van der Waals surface area contributed by atoms with Crippen molar-refractivity contribution in [3.8, 4) is 0 Å². The molecule has 18 heavy (non-hydrogen) atoms. The minimum Gasteiger partial charge on any atom is -0.481 e. The summed E-state index contributed by atoms with van der Waals surface area (Å²) in [6.07, 6.45) is 2.88. The van der Waals surface area contributed by atoms with Gasteiger partial charge in [-0.25, -0.2) is 0 Å². The average molecular weight is 250 g/mol. The molecular weight excluding hydrogens is 232 g/mol. The van der Waals surface area contributed by atoms with Gasteiger partial charge in [-0.15, -0.1) is 0 Å². The Kier molecular flexibility index (Phi) is 5.30. The number of carbonyl (C=O) groups excluding carboxylic acids is 1. The van der Waals surface area contributed by atoms with Gasteiger partial charge in [0.15, 0.2) is 0 Å². The quantitative estimate of drug-likeness (QED) is 0.806. The van der Waals surface area contributed by atoms with Crippen LogP contribution in [-0.4, -0.2) is 28.0 Å². The summed E-state index contributed by atoms with van der Waals surface area (Å²) >= 11 is 0. The second-order valence-electron chi connectivity index (χ2n) is 4.35. The summed E-state index contributed by atoms with van der Waals surface area (Å²) < 4.78 is 0. The van der Waals surface area contributed by atoms with E-state index in [1.165, 1.54) is 6.20 Å². The molecule has 5 nitrogen and oxygen atoms in total. The molecule has 0 aromatic carbocycles. The highest BCUT2D eigenvalue weighted by Gasteiger charge is 2.10. The number of nitrogens with one attached hydrogen (secondary N) is 1. The summed E-state index contributed by atoms with van der Waals surface area (Å²) in [7, 11) is 0. The van der Waals surface area contributed by atoms with Crippen LogP contribution in [0.2, 0.25) is 0 Å². The number of nitrogens with zero attached hydrogens (tertiary/aromatic N) is 1. The molecule has 0 saturated carbocycles. The molecule has 2 N–H and O–H groups in total. The highest BCUT2D eigenvalue weighted by molar-refractivity contribution is 5.94. The van der Waals surface area contributed by atoms with Crippen LogP contribution >= 0.6 is 0 Å². The maximum atomic E-state index is 11.8. The maximum Gasteiger partial charge on any atom is 0.303 e. The third-order valence-corrected chi connectivity index (χ3v) is 2.58. The molecule has 1 aromatic rings. The summed E-state index contributed by atoms with van der Waals surface area (Å²) in [4.78, 5) is 26.2. The largest absolute Gasteiger partial charge is 0.481 e. The van der Waals surface area contributed by atoms with Gasteiger partial charge in [-0.3, -0.25) is 14.6 Å². The molecule has 1 atom stereocenters. The van der Waals surface area contributed by atoms with Crippen molar-refractivity contribution in [2.45, 2.75) is 39.2 Å². The predicted octanol–water partition coefficient (Wildman–Crippen LogP) is 1.76. The fourth-order valence-corrected chi connectivity index (χ4v) is 1.54. The lowest BCUT2D eigenvalue weighted by atomic mass is 10.1. The Morgan fingerprint density at radius 1 is 1.44 bits per heavy atom. The van der Waals surface area contributed by atoms with Gasteiger partial charge >= 0.3 is 5.97 Å². The molecule has 1 unspecified atom stereocenters. The van der Waals surface area contributed by atoms with Crippen molar-refractivity contribution in [1.82, 2.24) is 10.3 Å². The number of hydrogen-bond donors (Lipinski definition) is 2. The van der Waals surface area contributed by atoms with E-state index in [1.54, 1.807) is 12.1 Å². The van der Waals surface area contributed by atoms with Crippen molar-refractivity contribution in [3.05, 3.63) is 29.6 Å². The summed E-state index contributed by atoms with van der Waals surface area (Å²) in [6.45, 7) is 3.72. The Morgan fingerprint density at radius 2 is 2.17 bits per heavy atom. The monoisotopic (exact) mass is 250 g/mol. The van der Waals surface area contributed by atoms with Gasteiger partial charge in [-0.05, 0) is 38.8 Å². The summed E-state index contributed by atoms with van der Waals surface area (Å²) in [5.74, 6) is -0.985.